The van der Waals surface area contributed by atoms with Crippen molar-refractivity contribution < 1.29 is 9.53 Å². The number of hydrogen-bond donors (Lipinski definition) is 2. The summed E-state index contributed by atoms with van der Waals surface area (Å²) in [5.41, 5.74) is 1.15. The van der Waals surface area contributed by atoms with Crippen LogP contribution in [0, 0.1) is 0 Å². The fraction of sp³-hybridized carbons (Fsp3) is 0.533. The van der Waals surface area contributed by atoms with Gasteiger partial charge in [-0.3, -0.25) is 4.79 Å². The van der Waals surface area contributed by atoms with Gasteiger partial charge in [0.1, 0.15) is 5.75 Å². The highest BCUT2D eigenvalue weighted by molar-refractivity contribution is 5.81. The van der Waals surface area contributed by atoms with E-state index in [1.54, 1.807) is 0 Å². The molecular formula is C15H22N2O2. The molecular weight excluding hydrogens is 240 g/mol. The number of ether oxygens (including phenoxy) is 1. The van der Waals surface area contributed by atoms with Crippen LogP contribution in [0.4, 0.5) is 0 Å². The van der Waals surface area contributed by atoms with Gasteiger partial charge in [0.2, 0.25) is 5.91 Å². The number of rotatable bonds is 7. The first-order chi connectivity index (χ1) is 9.19. The molecule has 4 nitrogen and oxygen atoms in total. The number of amides is 1. The van der Waals surface area contributed by atoms with E-state index < -0.39 is 0 Å². The molecule has 0 aromatic heterocycles. The zero-order chi connectivity index (χ0) is 13.7. The van der Waals surface area contributed by atoms with Crippen molar-refractivity contribution in [3.05, 3.63) is 29.8 Å². The summed E-state index contributed by atoms with van der Waals surface area (Å²) in [5, 5.41) is 6.22. The molecule has 4 heteroatoms. The lowest BCUT2D eigenvalue weighted by molar-refractivity contribution is -0.122. The number of benzene rings is 1. The predicted octanol–water partition coefficient (Wildman–Crippen LogP) is 1.84. The average molecular weight is 262 g/mol. The summed E-state index contributed by atoms with van der Waals surface area (Å²) in [6, 6.07) is 8.20. The Hall–Kier alpha value is -1.55. The minimum absolute atomic E-state index is 0.0911. The highest BCUT2D eigenvalue weighted by atomic mass is 16.5. The molecule has 1 amide bonds. The van der Waals surface area contributed by atoms with Crippen LogP contribution in [0.15, 0.2) is 24.3 Å². The van der Waals surface area contributed by atoms with E-state index in [1.165, 1.54) is 0 Å². The van der Waals surface area contributed by atoms with Crippen molar-refractivity contribution in [1.29, 1.82) is 0 Å². The van der Waals surface area contributed by atoms with Crippen molar-refractivity contribution >= 4 is 5.91 Å². The largest absolute Gasteiger partial charge is 0.494 e. The normalized spacial score (nSPS) is 15.9. The Labute approximate surface area is 114 Å². The van der Waals surface area contributed by atoms with E-state index in [0.29, 0.717) is 19.2 Å². The van der Waals surface area contributed by atoms with E-state index in [0.717, 1.165) is 24.2 Å². The standard InChI is InChI=1S/C15H22N2O2/c1-3-19-14-8-4-12(5-9-14)10-16-11(2)15(18)17-13-6-7-13/h4-5,8-9,11,13,16H,3,6-7,10H2,1-2H3,(H,17,18). The molecule has 0 bridgehead atoms. The molecule has 1 aliphatic carbocycles. The fourth-order valence-electron chi connectivity index (χ4n) is 1.79. The second kappa shape index (κ2) is 6.57. The summed E-state index contributed by atoms with van der Waals surface area (Å²) in [6.07, 6.45) is 2.24. The molecule has 1 aromatic rings. The molecule has 1 saturated carbocycles. The zero-order valence-electron chi connectivity index (χ0n) is 11.6. The fourth-order valence-corrected chi connectivity index (χ4v) is 1.79. The first-order valence-electron chi connectivity index (χ1n) is 6.94. The van der Waals surface area contributed by atoms with Crippen LogP contribution in [0.1, 0.15) is 32.3 Å². The molecule has 1 atom stereocenters. The minimum atomic E-state index is -0.160. The smallest absolute Gasteiger partial charge is 0.237 e. The quantitative estimate of drug-likeness (QED) is 0.788. The first kappa shape index (κ1) is 13.9. The van der Waals surface area contributed by atoms with Gasteiger partial charge in [-0.15, -0.1) is 0 Å². The van der Waals surface area contributed by atoms with Crippen LogP contribution in [0.5, 0.6) is 5.75 Å². The summed E-state index contributed by atoms with van der Waals surface area (Å²) in [5.74, 6) is 0.971. The lowest BCUT2D eigenvalue weighted by atomic mass is 10.2. The maximum Gasteiger partial charge on any atom is 0.237 e. The third kappa shape index (κ3) is 4.56. The van der Waals surface area contributed by atoms with Crippen LogP contribution in [-0.4, -0.2) is 24.6 Å². The molecule has 0 saturated heterocycles. The summed E-state index contributed by atoms with van der Waals surface area (Å²) < 4.78 is 5.39. The molecule has 0 radical (unpaired) electrons. The van der Waals surface area contributed by atoms with E-state index >= 15 is 0 Å². The van der Waals surface area contributed by atoms with Gasteiger partial charge in [0, 0.05) is 12.6 Å². The number of carbonyl (C=O) groups is 1. The molecule has 1 unspecified atom stereocenters. The van der Waals surface area contributed by atoms with Crippen LogP contribution in [0.2, 0.25) is 0 Å². The summed E-state index contributed by atoms with van der Waals surface area (Å²) in [4.78, 5) is 11.8. The topological polar surface area (TPSA) is 50.4 Å². The highest BCUT2D eigenvalue weighted by Gasteiger charge is 2.25. The van der Waals surface area contributed by atoms with E-state index in [1.807, 2.05) is 38.1 Å². The Balaban J connectivity index is 1.75. The van der Waals surface area contributed by atoms with E-state index in [2.05, 4.69) is 10.6 Å². The Morgan fingerprint density at radius 3 is 2.63 bits per heavy atom. The molecule has 104 valence electrons. The van der Waals surface area contributed by atoms with Crippen molar-refractivity contribution in [3.8, 4) is 5.75 Å². The Kier molecular flexibility index (Phi) is 4.80. The molecule has 2 N–H and O–H groups in total. The summed E-state index contributed by atoms with van der Waals surface area (Å²) >= 11 is 0. The second-order valence-electron chi connectivity index (χ2n) is 4.96. The van der Waals surface area contributed by atoms with Crippen LogP contribution in [0.3, 0.4) is 0 Å². The second-order valence-corrected chi connectivity index (χ2v) is 4.96. The van der Waals surface area contributed by atoms with Gasteiger partial charge in [-0.1, -0.05) is 12.1 Å². The number of carbonyl (C=O) groups excluding carboxylic acids is 1. The maximum absolute atomic E-state index is 11.8. The van der Waals surface area contributed by atoms with Crippen LogP contribution >= 0.6 is 0 Å². The molecule has 1 fully saturated rings. The highest BCUT2D eigenvalue weighted by Crippen LogP contribution is 2.18. The molecule has 0 aliphatic heterocycles. The third-order valence-electron chi connectivity index (χ3n) is 3.16. The number of hydrogen-bond acceptors (Lipinski definition) is 3. The summed E-state index contributed by atoms with van der Waals surface area (Å²) in [7, 11) is 0. The van der Waals surface area contributed by atoms with Crippen molar-refractivity contribution in [2.75, 3.05) is 6.61 Å². The molecule has 0 heterocycles. The van der Waals surface area contributed by atoms with Gasteiger partial charge in [-0.05, 0) is 44.4 Å². The zero-order valence-corrected chi connectivity index (χ0v) is 11.6. The van der Waals surface area contributed by atoms with Gasteiger partial charge in [0.05, 0.1) is 12.6 Å². The van der Waals surface area contributed by atoms with Crippen LogP contribution in [0.25, 0.3) is 0 Å². The van der Waals surface area contributed by atoms with Crippen LogP contribution in [-0.2, 0) is 11.3 Å². The van der Waals surface area contributed by atoms with Crippen molar-refractivity contribution in [2.24, 2.45) is 0 Å². The van der Waals surface area contributed by atoms with Crippen molar-refractivity contribution in [3.63, 3.8) is 0 Å². The van der Waals surface area contributed by atoms with Gasteiger partial charge in [0.15, 0.2) is 0 Å². The lowest BCUT2D eigenvalue weighted by Crippen LogP contribution is -2.42. The van der Waals surface area contributed by atoms with Crippen molar-refractivity contribution in [2.45, 2.75) is 45.3 Å². The molecule has 19 heavy (non-hydrogen) atoms. The Bertz CT molecular complexity index is 413. The van der Waals surface area contributed by atoms with Crippen LogP contribution < -0.4 is 15.4 Å². The van der Waals surface area contributed by atoms with Crippen molar-refractivity contribution in [1.82, 2.24) is 10.6 Å². The minimum Gasteiger partial charge on any atom is -0.494 e. The van der Waals surface area contributed by atoms with Gasteiger partial charge in [-0.2, -0.15) is 0 Å². The monoisotopic (exact) mass is 262 g/mol. The van der Waals surface area contributed by atoms with E-state index in [4.69, 9.17) is 4.74 Å². The lowest BCUT2D eigenvalue weighted by Gasteiger charge is -2.14. The Morgan fingerprint density at radius 1 is 1.37 bits per heavy atom. The summed E-state index contributed by atoms with van der Waals surface area (Å²) in [6.45, 7) is 5.23. The molecule has 0 spiro atoms. The average Bonchev–Trinajstić information content (AvgIpc) is 3.22. The Morgan fingerprint density at radius 2 is 2.05 bits per heavy atom. The van der Waals surface area contributed by atoms with E-state index in [-0.39, 0.29) is 11.9 Å². The third-order valence-corrected chi connectivity index (χ3v) is 3.16. The van der Waals surface area contributed by atoms with Gasteiger partial charge in [0.25, 0.3) is 0 Å². The molecule has 2 rings (SSSR count). The predicted molar refractivity (Wildman–Crippen MR) is 75.1 cm³/mol. The molecule has 1 aromatic carbocycles. The number of nitrogens with one attached hydrogen (secondary N) is 2. The SMILES string of the molecule is CCOc1ccc(CNC(C)C(=O)NC2CC2)cc1. The van der Waals surface area contributed by atoms with Gasteiger partial charge >= 0.3 is 0 Å². The van der Waals surface area contributed by atoms with E-state index in [9.17, 15) is 4.79 Å². The van der Waals surface area contributed by atoms with Gasteiger partial charge < -0.3 is 15.4 Å². The first-order valence-corrected chi connectivity index (χ1v) is 6.94. The maximum atomic E-state index is 11.8. The van der Waals surface area contributed by atoms with Gasteiger partial charge in [-0.25, -0.2) is 0 Å². The molecule has 1 aliphatic rings.